The Balaban J connectivity index is 1.66. The summed E-state index contributed by atoms with van der Waals surface area (Å²) in [5.74, 6) is -0.191. The molecule has 1 saturated heterocycles. The maximum atomic E-state index is 12.3. The maximum Gasteiger partial charge on any atom is 0.257 e. The lowest BCUT2D eigenvalue weighted by Gasteiger charge is -2.27. The van der Waals surface area contributed by atoms with Gasteiger partial charge in [0.1, 0.15) is 0 Å². The first-order valence-electron chi connectivity index (χ1n) is 7.93. The fourth-order valence-electron chi connectivity index (χ4n) is 2.64. The highest BCUT2D eigenvalue weighted by Crippen LogP contribution is 2.23. The molecule has 2 heterocycles. The number of hydrogen-bond acceptors (Lipinski definition) is 4. The molecule has 0 aliphatic carbocycles. The standard InChI is InChI=1S/C18H20ClN3O2/c1-13-8-15(11-20-10-13)18(23)21-16-3-2-14(17(19)9-16)12-22-4-6-24-7-5-22/h2-3,8-11H,4-7,12H2,1H3,(H,21,23). The van der Waals surface area contributed by atoms with Crippen molar-refractivity contribution in [1.82, 2.24) is 9.88 Å². The summed E-state index contributed by atoms with van der Waals surface area (Å²) in [6.45, 7) is 6.04. The second-order valence-corrected chi connectivity index (χ2v) is 6.31. The number of hydrogen-bond donors (Lipinski definition) is 1. The molecule has 0 radical (unpaired) electrons. The Kier molecular flexibility index (Phi) is 5.45. The first-order chi connectivity index (χ1) is 11.6. The smallest absolute Gasteiger partial charge is 0.257 e. The molecule has 1 aromatic heterocycles. The van der Waals surface area contributed by atoms with E-state index in [4.69, 9.17) is 16.3 Å². The normalized spacial score (nSPS) is 15.2. The molecule has 0 saturated carbocycles. The number of morpholine rings is 1. The molecule has 1 aromatic carbocycles. The third kappa shape index (κ3) is 4.32. The number of amides is 1. The van der Waals surface area contributed by atoms with Gasteiger partial charge in [0.15, 0.2) is 0 Å². The Morgan fingerprint density at radius 3 is 2.79 bits per heavy atom. The predicted molar refractivity (Wildman–Crippen MR) is 94.5 cm³/mol. The fraction of sp³-hybridized carbons (Fsp3) is 0.333. The average Bonchev–Trinajstić information content (AvgIpc) is 2.58. The second kappa shape index (κ2) is 7.75. The van der Waals surface area contributed by atoms with E-state index in [2.05, 4.69) is 15.2 Å². The molecule has 1 aliphatic heterocycles. The molecule has 0 bridgehead atoms. The summed E-state index contributed by atoms with van der Waals surface area (Å²) in [4.78, 5) is 18.6. The summed E-state index contributed by atoms with van der Waals surface area (Å²) in [6.07, 6.45) is 3.27. The van der Waals surface area contributed by atoms with Gasteiger partial charge in [0.05, 0.1) is 18.8 Å². The number of carbonyl (C=O) groups is 1. The number of nitrogens with one attached hydrogen (secondary N) is 1. The van der Waals surface area contributed by atoms with Crippen molar-refractivity contribution in [3.63, 3.8) is 0 Å². The van der Waals surface area contributed by atoms with Gasteiger partial charge < -0.3 is 10.1 Å². The van der Waals surface area contributed by atoms with Crippen LogP contribution in [0, 0.1) is 6.92 Å². The molecule has 1 N–H and O–H groups in total. The largest absolute Gasteiger partial charge is 0.379 e. The van der Waals surface area contributed by atoms with Gasteiger partial charge in [-0.3, -0.25) is 14.7 Å². The van der Waals surface area contributed by atoms with E-state index in [1.165, 1.54) is 0 Å². The Morgan fingerprint density at radius 2 is 2.08 bits per heavy atom. The van der Waals surface area contributed by atoms with Crippen LogP contribution in [0.1, 0.15) is 21.5 Å². The van der Waals surface area contributed by atoms with E-state index >= 15 is 0 Å². The minimum Gasteiger partial charge on any atom is -0.379 e. The van der Waals surface area contributed by atoms with Crippen LogP contribution >= 0.6 is 11.6 Å². The summed E-state index contributed by atoms with van der Waals surface area (Å²) < 4.78 is 5.35. The van der Waals surface area contributed by atoms with E-state index in [1.54, 1.807) is 24.5 Å². The zero-order valence-corrected chi connectivity index (χ0v) is 14.3. The maximum absolute atomic E-state index is 12.3. The van der Waals surface area contributed by atoms with Crippen LogP contribution in [0.5, 0.6) is 0 Å². The van der Waals surface area contributed by atoms with Gasteiger partial charge in [-0.1, -0.05) is 17.7 Å². The molecule has 6 heteroatoms. The summed E-state index contributed by atoms with van der Waals surface area (Å²) in [5, 5.41) is 3.51. The number of anilines is 1. The molecular formula is C18H20ClN3O2. The number of aromatic nitrogens is 1. The average molecular weight is 346 g/mol. The summed E-state index contributed by atoms with van der Waals surface area (Å²) in [5.41, 5.74) is 3.20. The molecule has 0 unspecified atom stereocenters. The van der Waals surface area contributed by atoms with Crippen molar-refractivity contribution in [2.45, 2.75) is 13.5 Å². The molecule has 1 fully saturated rings. The zero-order chi connectivity index (χ0) is 16.9. The highest BCUT2D eigenvalue weighted by Gasteiger charge is 2.13. The molecule has 1 amide bonds. The Bertz CT molecular complexity index is 730. The predicted octanol–water partition coefficient (Wildman–Crippen LogP) is 3.13. The number of ether oxygens (including phenoxy) is 1. The van der Waals surface area contributed by atoms with Crippen molar-refractivity contribution in [2.24, 2.45) is 0 Å². The highest BCUT2D eigenvalue weighted by atomic mass is 35.5. The summed E-state index contributed by atoms with van der Waals surface area (Å²) >= 11 is 6.38. The van der Waals surface area contributed by atoms with Crippen LogP contribution in [0.3, 0.4) is 0 Å². The lowest BCUT2D eigenvalue weighted by Crippen LogP contribution is -2.35. The van der Waals surface area contributed by atoms with E-state index in [1.807, 2.05) is 19.1 Å². The number of benzene rings is 1. The topological polar surface area (TPSA) is 54.5 Å². The van der Waals surface area contributed by atoms with Crippen molar-refractivity contribution < 1.29 is 9.53 Å². The molecule has 1 aliphatic rings. The monoisotopic (exact) mass is 345 g/mol. The SMILES string of the molecule is Cc1cncc(C(=O)Nc2ccc(CN3CCOCC3)c(Cl)c2)c1. The minimum absolute atomic E-state index is 0.191. The number of pyridine rings is 1. The molecular weight excluding hydrogens is 326 g/mol. The van der Waals surface area contributed by atoms with Gasteiger partial charge >= 0.3 is 0 Å². The first-order valence-corrected chi connectivity index (χ1v) is 8.31. The lowest BCUT2D eigenvalue weighted by molar-refractivity contribution is 0.0342. The van der Waals surface area contributed by atoms with Gasteiger partial charge in [-0.05, 0) is 36.2 Å². The van der Waals surface area contributed by atoms with Crippen LogP contribution in [0.15, 0.2) is 36.7 Å². The molecule has 24 heavy (non-hydrogen) atoms. The number of nitrogens with zero attached hydrogens (tertiary/aromatic N) is 2. The van der Waals surface area contributed by atoms with Crippen molar-refractivity contribution in [3.8, 4) is 0 Å². The van der Waals surface area contributed by atoms with Crippen LogP contribution in [0.2, 0.25) is 5.02 Å². The van der Waals surface area contributed by atoms with Crippen molar-refractivity contribution in [2.75, 3.05) is 31.6 Å². The number of rotatable bonds is 4. The van der Waals surface area contributed by atoms with E-state index in [9.17, 15) is 4.79 Å². The lowest BCUT2D eigenvalue weighted by atomic mass is 10.1. The minimum atomic E-state index is -0.191. The van der Waals surface area contributed by atoms with Gasteiger partial charge in [0.25, 0.3) is 5.91 Å². The van der Waals surface area contributed by atoms with Crippen LogP contribution < -0.4 is 5.32 Å². The fourth-order valence-corrected chi connectivity index (χ4v) is 2.88. The van der Waals surface area contributed by atoms with Crippen LogP contribution in [-0.2, 0) is 11.3 Å². The molecule has 0 spiro atoms. The highest BCUT2D eigenvalue weighted by molar-refractivity contribution is 6.31. The van der Waals surface area contributed by atoms with Crippen LogP contribution in [0.4, 0.5) is 5.69 Å². The number of aryl methyl sites for hydroxylation is 1. The third-order valence-electron chi connectivity index (χ3n) is 3.95. The molecule has 3 rings (SSSR count). The molecule has 5 nitrogen and oxygen atoms in total. The van der Waals surface area contributed by atoms with Crippen molar-refractivity contribution in [3.05, 3.63) is 58.4 Å². The Labute approximate surface area is 146 Å². The van der Waals surface area contributed by atoms with Gasteiger partial charge in [0.2, 0.25) is 0 Å². The van der Waals surface area contributed by atoms with E-state index in [-0.39, 0.29) is 5.91 Å². The number of carbonyl (C=O) groups excluding carboxylic acids is 1. The van der Waals surface area contributed by atoms with Crippen molar-refractivity contribution in [1.29, 1.82) is 0 Å². The summed E-state index contributed by atoms with van der Waals surface area (Å²) in [7, 11) is 0. The first kappa shape index (κ1) is 16.9. The molecule has 0 atom stereocenters. The summed E-state index contributed by atoms with van der Waals surface area (Å²) in [6, 6.07) is 7.43. The van der Waals surface area contributed by atoms with Gasteiger partial charge in [-0.2, -0.15) is 0 Å². The van der Waals surface area contributed by atoms with Gasteiger partial charge in [0, 0.05) is 42.7 Å². The molecule has 126 valence electrons. The van der Waals surface area contributed by atoms with E-state index in [0.29, 0.717) is 16.3 Å². The van der Waals surface area contributed by atoms with E-state index in [0.717, 1.165) is 44.0 Å². The Hall–Kier alpha value is -1.95. The quantitative estimate of drug-likeness (QED) is 0.925. The second-order valence-electron chi connectivity index (χ2n) is 5.90. The van der Waals surface area contributed by atoms with Gasteiger partial charge in [-0.15, -0.1) is 0 Å². The van der Waals surface area contributed by atoms with Gasteiger partial charge in [-0.25, -0.2) is 0 Å². The molecule has 2 aromatic rings. The van der Waals surface area contributed by atoms with E-state index < -0.39 is 0 Å². The van der Waals surface area contributed by atoms with Crippen molar-refractivity contribution >= 4 is 23.2 Å². The number of halogens is 1. The third-order valence-corrected chi connectivity index (χ3v) is 4.30. The van der Waals surface area contributed by atoms with Crippen LogP contribution in [-0.4, -0.2) is 42.1 Å². The Morgan fingerprint density at radius 1 is 1.29 bits per heavy atom. The van der Waals surface area contributed by atoms with Crippen LogP contribution in [0.25, 0.3) is 0 Å². The zero-order valence-electron chi connectivity index (χ0n) is 13.6.